The van der Waals surface area contributed by atoms with Crippen LogP contribution in [-0.2, 0) is 25.2 Å². The van der Waals surface area contributed by atoms with Gasteiger partial charge in [0, 0.05) is 0 Å². The summed E-state index contributed by atoms with van der Waals surface area (Å²) in [5.41, 5.74) is 1.63. The van der Waals surface area contributed by atoms with E-state index in [4.69, 9.17) is 9.47 Å². The SMILES string of the molecule is COc1ccc(C2=C(c3ccc(OC)cc3)C3(c4ccccc4)C(=O)C2(c2ccccc2)C2C(=O)NC(=O)C23)cc1. The highest BCUT2D eigenvalue weighted by molar-refractivity contribution is 6.35. The van der Waals surface area contributed by atoms with Crippen LogP contribution < -0.4 is 14.8 Å². The Balaban J connectivity index is 1.69. The van der Waals surface area contributed by atoms with Gasteiger partial charge in [0.25, 0.3) is 0 Å². The molecule has 4 unspecified atom stereocenters. The highest BCUT2D eigenvalue weighted by Crippen LogP contribution is 2.73. The summed E-state index contributed by atoms with van der Waals surface area (Å²) >= 11 is 0. The molecule has 7 rings (SSSR count). The number of nitrogens with one attached hydrogen (secondary N) is 1. The quantitative estimate of drug-likeness (QED) is 0.349. The van der Waals surface area contributed by atoms with Crippen LogP contribution in [0, 0.1) is 11.8 Å². The van der Waals surface area contributed by atoms with Gasteiger partial charge in [-0.1, -0.05) is 84.9 Å². The van der Waals surface area contributed by atoms with Gasteiger partial charge in [-0.25, -0.2) is 0 Å². The molecule has 0 spiro atoms. The van der Waals surface area contributed by atoms with Crippen molar-refractivity contribution < 1.29 is 23.9 Å². The summed E-state index contributed by atoms with van der Waals surface area (Å²) in [6, 6.07) is 34.0. The number of ether oxygens (including phenoxy) is 2. The highest BCUT2D eigenvalue weighted by Gasteiger charge is 2.81. The first-order valence-corrected chi connectivity index (χ1v) is 13.5. The minimum Gasteiger partial charge on any atom is -0.497 e. The van der Waals surface area contributed by atoms with Crippen LogP contribution in [-0.4, -0.2) is 31.8 Å². The van der Waals surface area contributed by atoms with Crippen LogP contribution in [0.3, 0.4) is 0 Å². The van der Waals surface area contributed by atoms with Crippen molar-refractivity contribution in [2.45, 2.75) is 10.8 Å². The average Bonchev–Trinajstić information content (AvgIpc) is 3.56. The molecule has 1 saturated heterocycles. The van der Waals surface area contributed by atoms with E-state index in [-0.39, 0.29) is 5.78 Å². The smallest absolute Gasteiger partial charge is 0.232 e. The van der Waals surface area contributed by atoms with Crippen molar-refractivity contribution in [2.24, 2.45) is 11.8 Å². The zero-order valence-corrected chi connectivity index (χ0v) is 22.6. The van der Waals surface area contributed by atoms with Crippen LogP contribution in [0.15, 0.2) is 109 Å². The number of fused-ring (bicyclic) bond motifs is 5. The molecule has 0 aromatic heterocycles. The molecular weight excluding hydrogens is 514 g/mol. The standard InChI is InChI=1S/C35H27NO5/c1-40-25-17-13-21(14-18-25)27-28(22-15-19-26(41-2)20-16-22)35(24-11-7-4-8-12-24)30-29(31(37)36-32(30)38)34(27,33(35)39)23-9-5-3-6-10-23/h3-20,29-30H,1-2H3,(H,36,37,38). The van der Waals surface area contributed by atoms with Gasteiger partial charge in [0.15, 0.2) is 5.78 Å². The van der Waals surface area contributed by atoms with E-state index in [9.17, 15) is 9.59 Å². The third kappa shape index (κ3) is 3.10. The molecule has 2 aliphatic carbocycles. The molecular formula is C35H27NO5. The van der Waals surface area contributed by atoms with Crippen LogP contribution in [0.5, 0.6) is 11.5 Å². The lowest BCUT2D eigenvalue weighted by molar-refractivity contribution is -0.132. The van der Waals surface area contributed by atoms with Crippen LogP contribution >= 0.6 is 0 Å². The first kappa shape index (κ1) is 25.0. The average molecular weight is 542 g/mol. The highest BCUT2D eigenvalue weighted by atomic mass is 16.5. The number of hydrogen-bond acceptors (Lipinski definition) is 5. The lowest BCUT2D eigenvalue weighted by Crippen LogP contribution is -2.44. The van der Waals surface area contributed by atoms with Crippen molar-refractivity contribution in [1.82, 2.24) is 5.32 Å². The molecule has 0 radical (unpaired) electrons. The number of imide groups is 1. The molecule has 41 heavy (non-hydrogen) atoms. The van der Waals surface area contributed by atoms with Crippen molar-refractivity contribution in [1.29, 1.82) is 0 Å². The summed E-state index contributed by atoms with van der Waals surface area (Å²) in [5.74, 6) is -1.48. The first-order valence-electron chi connectivity index (χ1n) is 13.5. The van der Waals surface area contributed by atoms with E-state index in [0.717, 1.165) is 22.3 Å². The number of hydrogen-bond donors (Lipinski definition) is 1. The second-order valence-electron chi connectivity index (χ2n) is 10.7. The Kier molecular flexibility index (Phi) is 5.51. The number of carbonyl (C=O) groups excluding carboxylic acids is 3. The number of ketones is 1. The van der Waals surface area contributed by atoms with Crippen molar-refractivity contribution in [3.63, 3.8) is 0 Å². The molecule has 1 heterocycles. The van der Waals surface area contributed by atoms with Crippen LogP contribution in [0.2, 0.25) is 0 Å². The summed E-state index contributed by atoms with van der Waals surface area (Å²) in [4.78, 5) is 43.1. The molecule has 2 amide bonds. The van der Waals surface area contributed by atoms with Gasteiger partial charge < -0.3 is 9.47 Å². The van der Waals surface area contributed by atoms with Crippen LogP contribution in [0.25, 0.3) is 11.1 Å². The van der Waals surface area contributed by atoms with Gasteiger partial charge in [0.05, 0.1) is 36.9 Å². The number of rotatable bonds is 6. The molecule has 1 saturated carbocycles. The van der Waals surface area contributed by atoms with E-state index in [1.54, 1.807) is 14.2 Å². The first-order chi connectivity index (χ1) is 20.0. The Hall–Kier alpha value is -4.97. The number of carbonyl (C=O) groups is 3. The largest absolute Gasteiger partial charge is 0.497 e. The van der Waals surface area contributed by atoms with E-state index in [1.807, 2.05) is 109 Å². The summed E-state index contributed by atoms with van der Waals surface area (Å²) in [5, 5.41) is 2.61. The van der Waals surface area contributed by atoms with Gasteiger partial charge >= 0.3 is 0 Å². The topological polar surface area (TPSA) is 81.7 Å². The maximum atomic E-state index is 15.5. The van der Waals surface area contributed by atoms with E-state index in [2.05, 4.69) is 5.32 Å². The predicted molar refractivity (Wildman–Crippen MR) is 154 cm³/mol. The molecule has 1 N–H and O–H groups in total. The molecule has 4 aromatic rings. The van der Waals surface area contributed by atoms with E-state index in [0.29, 0.717) is 22.6 Å². The van der Waals surface area contributed by atoms with Gasteiger partial charge in [-0.3, -0.25) is 19.7 Å². The van der Waals surface area contributed by atoms with E-state index in [1.165, 1.54) is 0 Å². The van der Waals surface area contributed by atoms with Crippen LogP contribution in [0.4, 0.5) is 0 Å². The van der Waals surface area contributed by atoms with Crippen molar-refractivity contribution >= 4 is 28.7 Å². The third-order valence-corrected chi connectivity index (χ3v) is 9.05. The normalized spacial score (nSPS) is 26.2. The second-order valence-corrected chi connectivity index (χ2v) is 10.7. The molecule has 3 aliphatic rings. The number of methoxy groups -OCH3 is 2. The molecule has 1 aliphatic heterocycles. The summed E-state index contributed by atoms with van der Waals surface area (Å²) < 4.78 is 10.9. The van der Waals surface area contributed by atoms with Gasteiger partial charge in [-0.15, -0.1) is 0 Å². The number of allylic oxidation sites excluding steroid dienone is 2. The maximum Gasteiger partial charge on any atom is 0.232 e. The Labute approximate surface area is 237 Å². The lowest BCUT2D eigenvalue weighted by atomic mass is 9.59. The van der Waals surface area contributed by atoms with Crippen molar-refractivity contribution in [3.8, 4) is 11.5 Å². The number of Topliss-reactive ketones (excluding diaryl/α,β-unsaturated/α-hetero) is 1. The minimum absolute atomic E-state index is 0.155. The van der Waals surface area contributed by atoms with Gasteiger partial charge in [-0.2, -0.15) is 0 Å². The zero-order chi connectivity index (χ0) is 28.4. The van der Waals surface area contributed by atoms with Gasteiger partial charge in [-0.05, 0) is 57.7 Å². The fraction of sp³-hybridized carbons (Fsp3) is 0.171. The van der Waals surface area contributed by atoms with E-state index >= 15 is 4.79 Å². The molecule has 2 bridgehead atoms. The van der Waals surface area contributed by atoms with Crippen LogP contribution in [0.1, 0.15) is 22.3 Å². The zero-order valence-electron chi connectivity index (χ0n) is 22.6. The molecule has 4 atom stereocenters. The fourth-order valence-electron chi connectivity index (χ4n) is 7.57. The summed E-state index contributed by atoms with van der Waals surface area (Å²) in [6.45, 7) is 0. The number of benzene rings is 4. The summed E-state index contributed by atoms with van der Waals surface area (Å²) in [6.07, 6.45) is 0. The third-order valence-electron chi connectivity index (χ3n) is 9.05. The fourth-order valence-corrected chi connectivity index (χ4v) is 7.57. The van der Waals surface area contributed by atoms with Crippen molar-refractivity contribution in [3.05, 3.63) is 131 Å². The predicted octanol–water partition coefficient (Wildman–Crippen LogP) is 4.98. The minimum atomic E-state index is -1.40. The molecule has 6 heteroatoms. The molecule has 6 nitrogen and oxygen atoms in total. The van der Waals surface area contributed by atoms with Gasteiger partial charge in [0.2, 0.25) is 11.8 Å². The summed E-state index contributed by atoms with van der Waals surface area (Å²) in [7, 11) is 3.21. The molecule has 4 aromatic carbocycles. The Bertz CT molecular complexity index is 1600. The Morgan fingerprint density at radius 1 is 0.537 bits per heavy atom. The molecule has 2 fully saturated rings. The maximum absolute atomic E-state index is 15.5. The lowest BCUT2D eigenvalue weighted by Gasteiger charge is -2.39. The van der Waals surface area contributed by atoms with Gasteiger partial charge in [0.1, 0.15) is 11.5 Å². The number of amides is 2. The van der Waals surface area contributed by atoms with E-state index < -0.39 is 34.5 Å². The van der Waals surface area contributed by atoms with Crippen molar-refractivity contribution in [2.75, 3.05) is 14.2 Å². The Morgan fingerprint density at radius 2 is 0.902 bits per heavy atom. The molecule has 202 valence electrons. The Morgan fingerprint density at radius 3 is 1.24 bits per heavy atom. The second kappa shape index (κ2) is 9.03. The monoisotopic (exact) mass is 541 g/mol.